The third kappa shape index (κ3) is 0.855. The molecule has 0 fully saturated rings. The van der Waals surface area contributed by atoms with Crippen LogP contribution in [0.3, 0.4) is 0 Å². The van der Waals surface area contributed by atoms with E-state index in [9.17, 15) is 0 Å². The summed E-state index contributed by atoms with van der Waals surface area (Å²) < 4.78 is 2.41. The molecular weight excluding hydrogens is 146 g/mol. The van der Waals surface area contributed by atoms with Crippen LogP contribution in [-0.4, -0.2) is 4.57 Å². The van der Waals surface area contributed by atoms with Gasteiger partial charge >= 0.3 is 0 Å². The third-order valence-corrected chi connectivity index (χ3v) is 2.89. The van der Waals surface area contributed by atoms with Gasteiger partial charge in [-0.25, -0.2) is 0 Å². The van der Waals surface area contributed by atoms with Crippen LogP contribution in [-0.2, 0) is 12.0 Å². The predicted octanol–water partition coefficient (Wildman–Crippen LogP) is 2.76. The van der Waals surface area contributed by atoms with Gasteiger partial charge in [0, 0.05) is 11.4 Å². The first-order valence-electron chi connectivity index (χ1n) is 4.62. The summed E-state index contributed by atoms with van der Waals surface area (Å²) in [6, 6.07) is 0. The predicted molar refractivity (Wildman–Crippen MR) is 51.7 cm³/mol. The fraction of sp³-hybridized carbons (Fsp3) is 0.636. The highest BCUT2D eigenvalue weighted by atomic mass is 15.1. The number of aromatic nitrogens is 1. The fourth-order valence-corrected chi connectivity index (χ4v) is 2.24. The number of hydrogen-bond acceptors (Lipinski definition) is 0. The lowest BCUT2D eigenvalue weighted by molar-refractivity contribution is 0.585. The maximum atomic E-state index is 2.41. The molecule has 0 aromatic carbocycles. The number of rotatable bonds is 0. The first-order chi connectivity index (χ1) is 5.43. The lowest BCUT2D eigenvalue weighted by atomic mass is 9.84. The second-order valence-corrected chi connectivity index (χ2v) is 4.87. The molecule has 0 N–H and O–H groups in total. The minimum atomic E-state index is 0.325. The lowest BCUT2D eigenvalue weighted by Gasteiger charge is -2.19. The Hall–Kier alpha value is -0.720. The Kier molecular flexibility index (Phi) is 1.29. The van der Waals surface area contributed by atoms with Crippen LogP contribution in [0.25, 0.3) is 0 Å². The van der Waals surface area contributed by atoms with Crippen molar-refractivity contribution in [3.05, 3.63) is 22.5 Å². The summed E-state index contributed by atoms with van der Waals surface area (Å²) in [5, 5.41) is 0. The molecule has 1 aliphatic rings. The molecule has 0 aliphatic carbocycles. The molecule has 66 valence electrons. The largest absolute Gasteiger partial charge is 0.341 e. The average Bonchev–Trinajstić information content (AvgIpc) is 2.58. The van der Waals surface area contributed by atoms with Gasteiger partial charge in [-0.2, -0.15) is 0 Å². The molecule has 1 aliphatic heterocycles. The van der Waals surface area contributed by atoms with Crippen LogP contribution in [0.1, 0.15) is 43.3 Å². The summed E-state index contributed by atoms with van der Waals surface area (Å²) in [6.07, 6.45) is 0. The zero-order valence-corrected chi connectivity index (χ0v) is 8.65. The van der Waals surface area contributed by atoms with Gasteiger partial charge in [-0.15, -0.1) is 0 Å². The molecular formula is C11H17N. The fourth-order valence-electron chi connectivity index (χ4n) is 2.24. The van der Waals surface area contributed by atoms with Gasteiger partial charge in [0.1, 0.15) is 0 Å². The van der Waals surface area contributed by atoms with E-state index in [-0.39, 0.29) is 0 Å². The van der Waals surface area contributed by atoms with Gasteiger partial charge in [0.05, 0.1) is 6.54 Å². The molecule has 2 rings (SSSR count). The van der Waals surface area contributed by atoms with Crippen molar-refractivity contribution in [1.29, 1.82) is 0 Å². The minimum Gasteiger partial charge on any atom is -0.341 e. The summed E-state index contributed by atoms with van der Waals surface area (Å²) >= 11 is 0. The van der Waals surface area contributed by atoms with Gasteiger partial charge in [0.2, 0.25) is 0 Å². The number of nitrogens with zero attached hydrogens (tertiary/aromatic N) is 1. The molecule has 0 spiro atoms. The van der Waals surface area contributed by atoms with E-state index in [1.165, 1.54) is 17.8 Å². The van der Waals surface area contributed by atoms with E-state index in [0.717, 1.165) is 0 Å². The molecule has 0 atom stereocenters. The molecule has 0 saturated carbocycles. The molecule has 0 amide bonds. The highest BCUT2D eigenvalue weighted by Crippen LogP contribution is 2.39. The normalized spacial score (nSPS) is 14.8. The van der Waals surface area contributed by atoms with Gasteiger partial charge in [-0.05, 0) is 30.4 Å². The molecule has 1 aromatic heterocycles. The molecule has 1 nitrogen and oxygen atoms in total. The van der Waals surface area contributed by atoms with Crippen molar-refractivity contribution in [2.45, 2.75) is 46.6 Å². The van der Waals surface area contributed by atoms with Gasteiger partial charge in [-0.3, -0.25) is 0 Å². The van der Waals surface area contributed by atoms with Crippen molar-refractivity contribution in [1.82, 2.24) is 4.57 Å². The summed E-state index contributed by atoms with van der Waals surface area (Å²) in [4.78, 5) is 0. The Bertz CT molecular complexity index is 337. The van der Waals surface area contributed by atoms with E-state index in [0.29, 0.717) is 5.41 Å². The van der Waals surface area contributed by atoms with Crippen molar-refractivity contribution >= 4 is 0 Å². The maximum absolute atomic E-state index is 2.41. The van der Waals surface area contributed by atoms with E-state index in [1.807, 2.05) is 0 Å². The Morgan fingerprint density at radius 2 is 1.75 bits per heavy atom. The Balaban J connectivity index is 2.60. The van der Waals surface area contributed by atoms with E-state index in [1.54, 1.807) is 11.3 Å². The minimum absolute atomic E-state index is 0.325. The summed E-state index contributed by atoms with van der Waals surface area (Å²) in [5.41, 5.74) is 6.45. The SMILES string of the molecule is Cc1c(C(C)(C)C)c2n(c1C)C2. The third-order valence-electron chi connectivity index (χ3n) is 2.89. The van der Waals surface area contributed by atoms with Gasteiger partial charge in [0.15, 0.2) is 0 Å². The molecule has 0 radical (unpaired) electrons. The van der Waals surface area contributed by atoms with Crippen molar-refractivity contribution in [2.75, 3.05) is 0 Å². The average molecular weight is 163 g/mol. The summed E-state index contributed by atoms with van der Waals surface area (Å²) in [6.45, 7) is 12.6. The summed E-state index contributed by atoms with van der Waals surface area (Å²) in [7, 11) is 0. The van der Waals surface area contributed by atoms with Crippen LogP contribution >= 0.6 is 0 Å². The van der Waals surface area contributed by atoms with Crippen LogP contribution < -0.4 is 0 Å². The molecule has 12 heavy (non-hydrogen) atoms. The first-order valence-corrected chi connectivity index (χ1v) is 4.62. The standard InChI is InChI=1S/C11H17N/c1-7-8(2)12-6-9(12)10(7)11(3,4)5/h6H2,1-5H3. The van der Waals surface area contributed by atoms with E-state index in [4.69, 9.17) is 0 Å². The van der Waals surface area contributed by atoms with Gasteiger partial charge in [-0.1, -0.05) is 20.8 Å². The topological polar surface area (TPSA) is 4.93 Å². The van der Waals surface area contributed by atoms with Crippen LogP contribution in [0.4, 0.5) is 0 Å². The second kappa shape index (κ2) is 1.95. The number of hydrogen-bond donors (Lipinski definition) is 0. The molecule has 1 aromatic rings. The van der Waals surface area contributed by atoms with Crippen molar-refractivity contribution in [3.8, 4) is 0 Å². The molecule has 0 unspecified atom stereocenters. The van der Waals surface area contributed by atoms with Gasteiger partial charge in [0.25, 0.3) is 0 Å². The zero-order valence-electron chi connectivity index (χ0n) is 8.65. The molecule has 2 heterocycles. The Morgan fingerprint density at radius 3 is 2.00 bits per heavy atom. The Labute approximate surface area is 74.4 Å². The van der Waals surface area contributed by atoms with Crippen molar-refractivity contribution in [3.63, 3.8) is 0 Å². The molecule has 0 saturated heterocycles. The molecule has 1 heteroatoms. The molecule has 0 bridgehead atoms. The highest BCUT2D eigenvalue weighted by molar-refractivity contribution is 5.47. The maximum Gasteiger partial charge on any atom is 0.0632 e. The van der Waals surface area contributed by atoms with E-state index < -0.39 is 0 Å². The quantitative estimate of drug-likeness (QED) is 0.563. The smallest absolute Gasteiger partial charge is 0.0632 e. The monoisotopic (exact) mass is 163 g/mol. The first kappa shape index (κ1) is 7.90. The van der Waals surface area contributed by atoms with Crippen molar-refractivity contribution in [2.24, 2.45) is 0 Å². The van der Waals surface area contributed by atoms with Crippen molar-refractivity contribution < 1.29 is 0 Å². The lowest BCUT2D eigenvalue weighted by Crippen LogP contribution is -2.12. The van der Waals surface area contributed by atoms with Gasteiger partial charge < -0.3 is 4.57 Å². The second-order valence-electron chi connectivity index (χ2n) is 4.87. The van der Waals surface area contributed by atoms with Crippen LogP contribution in [0.2, 0.25) is 0 Å². The highest BCUT2D eigenvalue weighted by Gasteiger charge is 2.33. The number of fused-ring (bicyclic) bond motifs is 1. The van der Waals surface area contributed by atoms with E-state index in [2.05, 4.69) is 39.2 Å². The van der Waals surface area contributed by atoms with E-state index >= 15 is 0 Å². The summed E-state index contributed by atoms with van der Waals surface area (Å²) in [5.74, 6) is 0. The Morgan fingerprint density at radius 1 is 1.17 bits per heavy atom. The van der Waals surface area contributed by atoms with Crippen LogP contribution in [0.15, 0.2) is 0 Å². The van der Waals surface area contributed by atoms with Crippen LogP contribution in [0, 0.1) is 13.8 Å². The zero-order chi connectivity index (χ0) is 9.09. The van der Waals surface area contributed by atoms with Crippen LogP contribution in [0.5, 0.6) is 0 Å².